The quantitative estimate of drug-likeness (QED) is 0.373. The van der Waals surface area contributed by atoms with E-state index in [0.717, 1.165) is 52.0 Å². The number of piperidine rings is 1. The second kappa shape index (κ2) is 7.10. The fourth-order valence-corrected chi connectivity index (χ4v) is 5.91. The van der Waals surface area contributed by atoms with Gasteiger partial charge < -0.3 is 20.7 Å². The number of hydrogen-bond donors (Lipinski definition) is 2. The predicted octanol–water partition coefficient (Wildman–Crippen LogP) is 2.85. The van der Waals surface area contributed by atoms with Crippen LogP contribution < -0.4 is 15.8 Å². The number of nitrogens with one attached hydrogen (secondary N) is 1. The Hall–Kier alpha value is -1.02. The maximum Gasteiger partial charge on any atom is 0.255 e. The van der Waals surface area contributed by atoms with Gasteiger partial charge in [-0.3, -0.25) is 4.79 Å². The van der Waals surface area contributed by atoms with E-state index >= 15 is 0 Å². The van der Waals surface area contributed by atoms with Crippen molar-refractivity contribution in [3.63, 3.8) is 0 Å². The van der Waals surface area contributed by atoms with E-state index in [1.807, 2.05) is 6.07 Å². The van der Waals surface area contributed by atoms with Crippen LogP contribution in [0.5, 0.6) is 5.75 Å². The summed E-state index contributed by atoms with van der Waals surface area (Å²) in [7, 11) is 0. The summed E-state index contributed by atoms with van der Waals surface area (Å²) in [5.74, 6) is 3.92. The van der Waals surface area contributed by atoms with E-state index in [1.54, 1.807) is 0 Å². The lowest BCUT2D eigenvalue weighted by atomic mass is 9.85. The number of halogens is 1. The van der Waals surface area contributed by atoms with Crippen molar-refractivity contribution in [1.29, 1.82) is 0 Å². The molecule has 2 unspecified atom stereocenters. The smallest absolute Gasteiger partial charge is 0.255 e. The number of nitrogens with zero attached hydrogens (tertiary/aromatic N) is 1. The van der Waals surface area contributed by atoms with Crippen LogP contribution in [-0.4, -0.2) is 43.6 Å². The number of nitrogen functional groups attached to an aromatic ring is 1. The number of anilines is 1. The summed E-state index contributed by atoms with van der Waals surface area (Å²) in [6, 6.07) is 1.93. The zero-order chi connectivity index (χ0) is 18.5. The van der Waals surface area contributed by atoms with Gasteiger partial charge in [0.1, 0.15) is 5.75 Å². The molecule has 0 aromatic heterocycles. The van der Waals surface area contributed by atoms with E-state index in [4.69, 9.17) is 10.5 Å². The topological polar surface area (TPSA) is 67.6 Å². The number of benzene rings is 1. The minimum Gasteiger partial charge on any atom is -0.492 e. The average molecular weight is 481 g/mol. The van der Waals surface area contributed by atoms with E-state index in [-0.39, 0.29) is 5.91 Å². The van der Waals surface area contributed by atoms with Crippen molar-refractivity contribution in [2.75, 3.05) is 38.5 Å². The van der Waals surface area contributed by atoms with E-state index < -0.39 is 0 Å². The van der Waals surface area contributed by atoms with Crippen molar-refractivity contribution in [3.8, 4) is 5.75 Å². The monoisotopic (exact) mass is 481 g/mol. The molecule has 1 aromatic carbocycles. The molecule has 0 bridgehead atoms. The molecule has 5 rings (SSSR count). The molecule has 5 nitrogen and oxygen atoms in total. The van der Waals surface area contributed by atoms with Crippen molar-refractivity contribution < 1.29 is 9.53 Å². The minimum absolute atomic E-state index is 0.00412. The average Bonchev–Trinajstić information content (AvgIpc) is 3.02. The van der Waals surface area contributed by atoms with E-state index in [1.165, 1.54) is 38.9 Å². The van der Waals surface area contributed by atoms with Crippen LogP contribution in [-0.2, 0) is 10.8 Å². The molecule has 146 valence electrons. The number of fused-ring (bicyclic) bond motifs is 2. The van der Waals surface area contributed by atoms with Crippen molar-refractivity contribution in [1.82, 2.24) is 10.2 Å². The van der Waals surface area contributed by atoms with Crippen LogP contribution in [0.25, 0.3) is 0 Å². The summed E-state index contributed by atoms with van der Waals surface area (Å²) in [5.41, 5.74) is 9.78. The lowest BCUT2D eigenvalue weighted by Crippen LogP contribution is -2.35. The van der Waals surface area contributed by atoms with Crippen LogP contribution in [0.4, 0.5) is 5.69 Å². The zero-order valence-corrected chi connectivity index (χ0v) is 17.8. The molecule has 3 N–H and O–H groups in total. The lowest BCUT2D eigenvalue weighted by molar-refractivity contribution is 0.0945. The van der Waals surface area contributed by atoms with Crippen molar-refractivity contribution in [2.24, 2.45) is 23.7 Å². The first kappa shape index (κ1) is 18.0. The number of carbonyl (C=O) groups excluding carboxylic acids is 1. The number of alkyl halides is 1. The Kier molecular flexibility index (Phi) is 4.74. The molecule has 27 heavy (non-hydrogen) atoms. The fourth-order valence-electron chi connectivity index (χ4n) is 5.28. The van der Waals surface area contributed by atoms with Gasteiger partial charge in [0.2, 0.25) is 0 Å². The fraction of sp³-hybridized carbons (Fsp3) is 0.667. The Balaban J connectivity index is 1.18. The largest absolute Gasteiger partial charge is 0.492 e. The Bertz CT molecular complexity index is 752. The summed E-state index contributed by atoms with van der Waals surface area (Å²) in [6.07, 6.45) is 5.09. The summed E-state index contributed by atoms with van der Waals surface area (Å²) in [4.78, 5) is 15.5. The highest BCUT2D eigenvalue weighted by Crippen LogP contribution is 2.51. The van der Waals surface area contributed by atoms with Gasteiger partial charge in [0.25, 0.3) is 5.91 Å². The minimum atomic E-state index is -0.00412. The van der Waals surface area contributed by atoms with Gasteiger partial charge in [-0.1, -0.05) is 29.0 Å². The highest BCUT2D eigenvalue weighted by Gasteiger charge is 2.55. The first-order valence-electron chi connectivity index (χ1n) is 10.3. The van der Waals surface area contributed by atoms with Gasteiger partial charge in [0, 0.05) is 48.3 Å². The summed E-state index contributed by atoms with van der Waals surface area (Å²) in [6.45, 7) is 5.19. The number of rotatable bonds is 6. The van der Waals surface area contributed by atoms with Crippen LogP contribution in [0.3, 0.4) is 0 Å². The summed E-state index contributed by atoms with van der Waals surface area (Å²) < 4.78 is 6.55. The molecule has 2 saturated carbocycles. The lowest BCUT2D eigenvalue weighted by Gasteiger charge is -2.31. The predicted molar refractivity (Wildman–Crippen MR) is 114 cm³/mol. The molecule has 4 aliphatic rings. The van der Waals surface area contributed by atoms with E-state index in [2.05, 4.69) is 32.8 Å². The molecular weight excluding hydrogens is 453 g/mol. The van der Waals surface area contributed by atoms with Crippen molar-refractivity contribution >= 4 is 34.2 Å². The molecule has 0 radical (unpaired) electrons. The Labute approximate surface area is 174 Å². The molecule has 3 fully saturated rings. The van der Waals surface area contributed by atoms with Gasteiger partial charge in [0.05, 0.1) is 12.2 Å². The third-order valence-electron chi connectivity index (χ3n) is 7.18. The van der Waals surface area contributed by atoms with Gasteiger partial charge >= 0.3 is 0 Å². The normalized spacial score (nSPS) is 29.0. The van der Waals surface area contributed by atoms with Crippen LogP contribution in [0.15, 0.2) is 6.07 Å². The molecular formula is C21H28IN3O2. The van der Waals surface area contributed by atoms with Gasteiger partial charge in [-0.05, 0) is 48.1 Å². The summed E-state index contributed by atoms with van der Waals surface area (Å²) in [5, 5.41) is 3.19. The number of carbonyl (C=O) groups is 1. The molecule has 6 heteroatoms. The number of hydrogen-bond acceptors (Lipinski definition) is 4. The molecule has 2 atom stereocenters. The first-order chi connectivity index (χ1) is 13.2. The van der Waals surface area contributed by atoms with Crippen LogP contribution >= 0.6 is 22.6 Å². The number of ether oxygens (including phenoxy) is 1. The summed E-state index contributed by atoms with van der Waals surface area (Å²) >= 11 is 2.30. The van der Waals surface area contributed by atoms with E-state index in [0.29, 0.717) is 23.8 Å². The third-order valence-corrected chi connectivity index (χ3v) is 8.00. The molecule has 2 heterocycles. The SMILES string of the molecule is Nc1c(CI)cc(C(=O)NCC2C3CN(CC4CCC4)CC23)c2c1CCO2. The zero-order valence-electron chi connectivity index (χ0n) is 15.7. The van der Waals surface area contributed by atoms with Crippen LogP contribution in [0.1, 0.15) is 40.7 Å². The second-order valence-corrected chi connectivity index (χ2v) is 9.52. The highest BCUT2D eigenvalue weighted by molar-refractivity contribution is 14.1. The second-order valence-electron chi connectivity index (χ2n) is 8.75. The van der Waals surface area contributed by atoms with Gasteiger partial charge in [0.15, 0.2) is 0 Å². The molecule has 1 aromatic rings. The number of likely N-dealkylation sites (tertiary alicyclic amines) is 1. The van der Waals surface area contributed by atoms with Gasteiger partial charge in [-0.25, -0.2) is 0 Å². The third kappa shape index (κ3) is 3.22. The maximum atomic E-state index is 12.8. The Morgan fingerprint density at radius 2 is 2.11 bits per heavy atom. The Morgan fingerprint density at radius 3 is 2.78 bits per heavy atom. The number of amides is 1. The molecule has 1 saturated heterocycles. The molecule has 2 aliphatic heterocycles. The van der Waals surface area contributed by atoms with Crippen molar-refractivity contribution in [3.05, 3.63) is 22.8 Å². The van der Waals surface area contributed by atoms with E-state index in [9.17, 15) is 4.79 Å². The maximum absolute atomic E-state index is 12.8. The van der Waals surface area contributed by atoms with Crippen LogP contribution in [0.2, 0.25) is 0 Å². The standard InChI is InChI=1S/C21H28IN3O2/c22-7-13-6-15(20-14(19(13)23)4-5-27-20)21(26)24-8-16-17-10-25(11-18(16)17)9-12-2-1-3-12/h6,12,16-18H,1-5,7-11,23H2,(H,24,26). The van der Waals surface area contributed by atoms with Crippen LogP contribution in [0, 0.1) is 23.7 Å². The van der Waals surface area contributed by atoms with Crippen molar-refractivity contribution in [2.45, 2.75) is 30.1 Å². The first-order valence-corrected chi connectivity index (χ1v) is 11.8. The molecule has 0 spiro atoms. The molecule has 1 amide bonds. The van der Waals surface area contributed by atoms with Gasteiger partial charge in [-0.2, -0.15) is 0 Å². The Morgan fingerprint density at radius 1 is 1.33 bits per heavy atom. The number of nitrogens with two attached hydrogens (primary N) is 1. The highest BCUT2D eigenvalue weighted by atomic mass is 127. The molecule has 2 aliphatic carbocycles. The van der Waals surface area contributed by atoms with Gasteiger partial charge in [-0.15, -0.1) is 0 Å².